The summed E-state index contributed by atoms with van der Waals surface area (Å²) in [6.45, 7) is 10.3. The van der Waals surface area contributed by atoms with E-state index in [0.29, 0.717) is 79.4 Å². The number of aromatic hydroxyl groups is 1. The van der Waals surface area contributed by atoms with E-state index in [0.717, 1.165) is 112 Å². The Balaban J connectivity index is 0.982. The molecule has 0 aromatic heterocycles. The summed E-state index contributed by atoms with van der Waals surface area (Å²) >= 11 is 0. The fraction of sp³-hybridized carbons (Fsp3) is 0.754. The van der Waals surface area contributed by atoms with Gasteiger partial charge in [0.05, 0.1) is 17.3 Å². The number of fused-ring (bicyclic) bond motifs is 2. The molecule has 9 heteroatoms. The van der Waals surface area contributed by atoms with Gasteiger partial charge in [-0.3, -0.25) is 9.59 Å². The average Bonchev–Trinajstić information content (AvgIpc) is 3.86. The van der Waals surface area contributed by atoms with Crippen LogP contribution in [-0.4, -0.2) is 69.9 Å². The molecule has 4 bridgehead atoms. The van der Waals surface area contributed by atoms with E-state index in [1.165, 1.54) is 56.1 Å². The lowest BCUT2D eigenvalue weighted by molar-refractivity contribution is -0.230. The number of benzene rings is 2. The largest absolute Gasteiger partial charge is 0.508 e. The van der Waals surface area contributed by atoms with Crippen LogP contribution in [0.5, 0.6) is 5.75 Å². The summed E-state index contributed by atoms with van der Waals surface area (Å²) in [6.07, 6.45) is 23.4. The van der Waals surface area contributed by atoms with E-state index in [9.17, 15) is 15.3 Å². The van der Waals surface area contributed by atoms with Gasteiger partial charge in [0.1, 0.15) is 17.6 Å². The predicted octanol–water partition coefficient (Wildman–Crippen LogP) is 12.0. The summed E-state index contributed by atoms with van der Waals surface area (Å²) in [5.41, 5.74) is 10.3. The van der Waals surface area contributed by atoms with Gasteiger partial charge in [0.25, 0.3) is 0 Å². The first-order chi connectivity index (χ1) is 35.5. The van der Waals surface area contributed by atoms with Crippen molar-refractivity contribution in [3.05, 3.63) is 70.3 Å². The molecule has 74 heavy (non-hydrogen) atoms. The highest BCUT2D eigenvalue weighted by molar-refractivity contribution is 6.01. The van der Waals surface area contributed by atoms with Crippen LogP contribution in [0.3, 0.4) is 0 Å². The van der Waals surface area contributed by atoms with Gasteiger partial charge in [0.2, 0.25) is 0 Å². The van der Waals surface area contributed by atoms with E-state index in [4.69, 9.17) is 10.5 Å². The molecule has 10 aliphatic rings. The predicted molar refractivity (Wildman–Crippen MR) is 292 cm³/mol. The van der Waals surface area contributed by atoms with E-state index in [1.54, 1.807) is 0 Å². The van der Waals surface area contributed by atoms with E-state index in [-0.39, 0.29) is 51.9 Å². The molecule has 2 aromatic carbocycles. The lowest BCUT2D eigenvalue weighted by Crippen LogP contribution is -2.73. The quantitative estimate of drug-likeness (QED) is 0.106. The van der Waals surface area contributed by atoms with Crippen LogP contribution in [0.15, 0.2) is 53.6 Å². The Morgan fingerprint density at radius 3 is 2.41 bits per heavy atom. The Kier molecular flexibility index (Phi) is 13.3. The number of anilines is 1. The number of phenols is 1. The summed E-state index contributed by atoms with van der Waals surface area (Å²) in [5, 5.41) is 43.8. The van der Waals surface area contributed by atoms with Crippen LogP contribution in [0.2, 0.25) is 0 Å². The van der Waals surface area contributed by atoms with Crippen molar-refractivity contribution >= 4 is 17.3 Å². The van der Waals surface area contributed by atoms with Gasteiger partial charge >= 0.3 is 0 Å². The van der Waals surface area contributed by atoms with Crippen LogP contribution in [0.25, 0.3) is 0 Å². The summed E-state index contributed by atoms with van der Waals surface area (Å²) in [6, 6.07) is 14.4. The van der Waals surface area contributed by atoms with Gasteiger partial charge in [-0.1, -0.05) is 102 Å². The minimum Gasteiger partial charge on any atom is -0.508 e. The van der Waals surface area contributed by atoms with Crippen LogP contribution < -0.4 is 16.4 Å². The third-order valence-electron chi connectivity index (χ3n) is 24.3. The molecule has 7 N–H and O–H groups in total. The minimum atomic E-state index is -0.862. The van der Waals surface area contributed by atoms with Crippen LogP contribution in [0.4, 0.5) is 5.69 Å². The van der Waals surface area contributed by atoms with Crippen molar-refractivity contribution in [3.63, 3.8) is 0 Å². The van der Waals surface area contributed by atoms with Crippen molar-refractivity contribution in [2.75, 3.05) is 19.3 Å². The lowest BCUT2D eigenvalue weighted by atomic mass is 9.30. The molecule has 17 atom stereocenters. The zero-order valence-electron chi connectivity index (χ0n) is 46.0. The third-order valence-corrected chi connectivity index (χ3v) is 24.3. The molecule has 12 rings (SSSR count). The van der Waals surface area contributed by atoms with Crippen LogP contribution in [-0.2, 0) is 20.9 Å². The first-order valence-electron chi connectivity index (χ1n) is 30.4. The number of carbonyl (C=O) groups excluding carboxylic acids is 2. The first-order valence-corrected chi connectivity index (χ1v) is 30.4. The number of β-amino-alcohol motifs (C(OH)–C–C–N with tert-alkyl or cyclic N) is 1. The summed E-state index contributed by atoms with van der Waals surface area (Å²) in [4.78, 5) is 32.0. The highest BCUT2D eigenvalue weighted by Crippen LogP contribution is 2.79. The Labute approximate surface area is 443 Å². The summed E-state index contributed by atoms with van der Waals surface area (Å²) in [7, 11) is 1.94. The highest BCUT2D eigenvalue weighted by Gasteiger charge is 2.76. The van der Waals surface area contributed by atoms with Gasteiger partial charge in [-0.25, -0.2) is 0 Å². The molecule has 2 heterocycles. The second kappa shape index (κ2) is 19.1. The Morgan fingerprint density at radius 2 is 1.61 bits per heavy atom. The number of carbonyl (C=O) groups is 2. The van der Waals surface area contributed by atoms with Gasteiger partial charge in [-0.15, -0.1) is 0 Å². The van der Waals surface area contributed by atoms with Gasteiger partial charge in [0, 0.05) is 48.0 Å². The Bertz CT molecular complexity index is 2520. The monoisotopic (exact) mass is 1010 g/mol. The molecular weight excluding hydrogens is 919 g/mol. The summed E-state index contributed by atoms with van der Waals surface area (Å²) in [5.74, 6) is 3.02. The van der Waals surface area contributed by atoms with Crippen molar-refractivity contribution in [1.29, 1.82) is 0 Å². The number of rotatable bonds is 9. The number of epoxide rings is 1. The molecule has 1 spiro atoms. The van der Waals surface area contributed by atoms with Crippen molar-refractivity contribution < 1.29 is 29.6 Å². The fourth-order valence-electron chi connectivity index (χ4n) is 21.4. The second-order valence-corrected chi connectivity index (χ2v) is 28.1. The van der Waals surface area contributed by atoms with Gasteiger partial charge < -0.3 is 36.4 Å². The number of nitrogens with two attached hydrogens (primary N) is 1. The maximum absolute atomic E-state index is 16.1. The van der Waals surface area contributed by atoms with Gasteiger partial charge in [-0.05, 0) is 209 Å². The van der Waals surface area contributed by atoms with E-state index < -0.39 is 22.7 Å². The molecule has 6 saturated carbocycles. The SMILES string of the molecule is CNCc1cc(O)cc([C@H]2C[C@@]3(C4CCCC4)[C@H]4CCC5=C6C(=O)C[C@]5(C)[C@@]4(CCC[C@@H]4CCCC[C@@H]4[C@@H]6C[C@@H](O)[C@H]4O[C@]4(C)[C@H]4CCC[C@@H]4c4cccc(N)c4)C[C@@H]4NC[C@@](C)(O)CCCC[C@@](C)(C2=O)[C@H]43)c1. The maximum atomic E-state index is 16.1. The number of nitrogens with one attached hydrogen (secondary N) is 2. The van der Waals surface area contributed by atoms with Crippen molar-refractivity contribution in [2.24, 2.45) is 63.1 Å². The topological polar surface area (TPSA) is 157 Å². The van der Waals surface area contributed by atoms with Gasteiger partial charge in [-0.2, -0.15) is 0 Å². The summed E-state index contributed by atoms with van der Waals surface area (Å²) < 4.78 is 6.82. The fourth-order valence-corrected chi connectivity index (χ4v) is 21.4. The number of hydrogen-bond acceptors (Lipinski definition) is 9. The lowest BCUT2D eigenvalue weighted by Gasteiger charge is -2.74. The number of hydrogen-bond donors (Lipinski definition) is 6. The number of Topliss-reactive ketones (excluding diaryl/α,β-unsaturated/α-hetero) is 2. The third kappa shape index (κ3) is 8.12. The molecule has 2 aliphatic heterocycles. The number of allylic oxidation sites excluding steroid dienone is 2. The normalized spacial score (nSPS) is 44.9. The molecule has 2 aromatic rings. The Morgan fingerprint density at radius 1 is 0.838 bits per heavy atom. The number of ether oxygens (including phenoxy) is 1. The number of aliphatic hydroxyl groups excluding tert-OH is 1. The highest BCUT2D eigenvalue weighted by atomic mass is 16.6. The van der Waals surface area contributed by atoms with Crippen molar-refractivity contribution in [3.8, 4) is 5.75 Å². The van der Waals surface area contributed by atoms with Gasteiger partial charge in [0.15, 0.2) is 5.78 Å². The van der Waals surface area contributed by atoms with E-state index in [1.807, 2.05) is 32.2 Å². The Hall–Kier alpha value is -3.08. The number of phenolic OH excluding ortho intramolecular Hbond substituents is 1. The molecule has 404 valence electrons. The second-order valence-electron chi connectivity index (χ2n) is 28.1. The molecule has 0 unspecified atom stereocenters. The van der Waals surface area contributed by atoms with Crippen LogP contribution >= 0.6 is 0 Å². The minimum absolute atomic E-state index is 0.00472. The first kappa shape index (κ1) is 51.7. The molecule has 0 amide bonds. The van der Waals surface area contributed by atoms with Crippen molar-refractivity contribution in [1.82, 2.24) is 10.6 Å². The van der Waals surface area contributed by atoms with Crippen LogP contribution in [0, 0.1) is 63.1 Å². The average molecular weight is 1010 g/mol. The van der Waals surface area contributed by atoms with E-state index >= 15 is 9.59 Å². The van der Waals surface area contributed by atoms with Crippen LogP contribution in [0.1, 0.15) is 210 Å². The number of nitrogen functional groups attached to an aromatic ring is 1. The molecule has 0 radical (unpaired) electrons. The standard InChI is InChI=1S/C65H93N3O6/c1-60(73)26-10-11-27-61(2)57-52(68-38-60)35-64-28-14-17-40-15-6-9-21-46(40)48(33-53(70)59-63(4,74-59)50-23-13-22-47(50)41-16-12-20-44(66)31-41)56-51(62(64,3)36-54(56)71)24-25-55(64)65(57,43-18-7-8-19-43)34-49(58(61)72)42-29-39(37-67-5)30-45(69)32-42/h12,16,20,29-32,40,43,46-50,52-53,55,57,59,67-70,73H,6-11,13-15,17-19,21-28,33-38,66H2,1-5H3/t40-,46-,47+,48-,49+,50-,52-,53+,55-,57-,59+,60-,61+,62-,63+,64-,65+/m0/s1. The van der Waals surface area contributed by atoms with E-state index in [2.05, 4.69) is 55.7 Å². The molecule has 9 nitrogen and oxygen atoms in total. The zero-order chi connectivity index (χ0) is 51.6. The zero-order valence-corrected chi connectivity index (χ0v) is 46.0. The molecule has 8 fully saturated rings. The molecule has 2 saturated heterocycles. The number of aliphatic hydroxyl groups is 2. The maximum Gasteiger partial charge on any atom is 0.160 e. The molecular formula is C65H93N3O6. The smallest absolute Gasteiger partial charge is 0.160 e. The number of ketones is 2. The van der Waals surface area contributed by atoms with Crippen molar-refractivity contribution in [2.45, 2.75) is 230 Å². The molecule has 8 aliphatic carbocycles.